The van der Waals surface area contributed by atoms with Crippen LogP contribution in [0.5, 0.6) is 0 Å². The van der Waals surface area contributed by atoms with Gasteiger partial charge in [-0.3, -0.25) is 9.88 Å². The summed E-state index contributed by atoms with van der Waals surface area (Å²) in [6, 6.07) is 4.97. The lowest BCUT2D eigenvalue weighted by atomic mass is 9.96. The standard InChI is InChI=1S/C14H23N3O/c1-3-13(15)14(11-4-7-16-8-5-11)17(2)12-6-9-18-10-12/h4-5,7-8,12-14H,3,6,9-10,15H2,1-2H3. The zero-order chi connectivity index (χ0) is 13.0. The van der Waals surface area contributed by atoms with E-state index in [1.807, 2.05) is 12.4 Å². The molecule has 1 aliphatic rings. The molecule has 0 amide bonds. The van der Waals surface area contributed by atoms with Crippen molar-refractivity contribution in [1.82, 2.24) is 9.88 Å². The van der Waals surface area contributed by atoms with Crippen molar-refractivity contribution in [2.45, 2.75) is 37.9 Å². The third-order valence-corrected chi connectivity index (χ3v) is 3.84. The smallest absolute Gasteiger partial charge is 0.0622 e. The molecule has 1 aromatic heterocycles. The molecule has 0 radical (unpaired) electrons. The fourth-order valence-corrected chi connectivity index (χ4v) is 2.64. The van der Waals surface area contributed by atoms with Crippen LogP contribution in [0.4, 0.5) is 0 Å². The topological polar surface area (TPSA) is 51.4 Å². The first-order valence-corrected chi connectivity index (χ1v) is 6.69. The molecule has 2 rings (SSSR count). The zero-order valence-electron chi connectivity index (χ0n) is 11.2. The lowest BCUT2D eigenvalue weighted by molar-refractivity contribution is 0.119. The Morgan fingerprint density at radius 2 is 2.22 bits per heavy atom. The summed E-state index contributed by atoms with van der Waals surface area (Å²) in [6.45, 7) is 3.81. The van der Waals surface area contributed by atoms with Crippen LogP contribution < -0.4 is 5.73 Å². The molecule has 3 atom stereocenters. The van der Waals surface area contributed by atoms with Gasteiger partial charge in [0.25, 0.3) is 0 Å². The minimum Gasteiger partial charge on any atom is -0.380 e. The zero-order valence-corrected chi connectivity index (χ0v) is 11.2. The lowest BCUT2D eigenvalue weighted by Gasteiger charge is -2.36. The van der Waals surface area contributed by atoms with E-state index in [1.165, 1.54) is 5.56 Å². The van der Waals surface area contributed by atoms with Crippen LogP contribution in [0.25, 0.3) is 0 Å². The van der Waals surface area contributed by atoms with Crippen molar-refractivity contribution in [2.75, 3.05) is 20.3 Å². The number of likely N-dealkylation sites (N-methyl/N-ethyl adjacent to an activating group) is 1. The molecule has 1 aliphatic heterocycles. The summed E-state index contributed by atoms with van der Waals surface area (Å²) in [5.41, 5.74) is 7.56. The molecule has 1 aromatic rings. The van der Waals surface area contributed by atoms with Crippen molar-refractivity contribution in [3.05, 3.63) is 30.1 Å². The number of hydrogen-bond acceptors (Lipinski definition) is 4. The van der Waals surface area contributed by atoms with Gasteiger partial charge in [-0.05, 0) is 37.6 Å². The fraction of sp³-hybridized carbons (Fsp3) is 0.643. The number of nitrogens with two attached hydrogens (primary N) is 1. The van der Waals surface area contributed by atoms with Crippen molar-refractivity contribution in [3.8, 4) is 0 Å². The second-order valence-corrected chi connectivity index (χ2v) is 4.98. The van der Waals surface area contributed by atoms with Crippen LogP contribution in [0, 0.1) is 0 Å². The Kier molecular flexibility index (Phi) is 4.69. The van der Waals surface area contributed by atoms with Crippen molar-refractivity contribution in [1.29, 1.82) is 0 Å². The number of rotatable bonds is 5. The molecule has 2 heterocycles. The average Bonchev–Trinajstić information content (AvgIpc) is 2.94. The summed E-state index contributed by atoms with van der Waals surface area (Å²) < 4.78 is 5.48. The van der Waals surface area contributed by atoms with Gasteiger partial charge in [-0.1, -0.05) is 6.92 Å². The highest BCUT2D eigenvalue weighted by molar-refractivity contribution is 5.17. The molecule has 4 heteroatoms. The highest BCUT2D eigenvalue weighted by Crippen LogP contribution is 2.27. The molecule has 3 unspecified atom stereocenters. The van der Waals surface area contributed by atoms with Gasteiger partial charge in [-0.25, -0.2) is 0 Å². The maximum atomic E-state index is 6.31. The molecular weight excluding hydrogens is 226 g/mol. The van der Waals surface area contributed by atoms with Crippen LogP contribution >= 0.6 is 0 Å². The Labute approximate surface area is 109 Å². The summed E-state index contributed by atoms with van der Waals surface area (Å²) in [6.07, 6.45) is 5.73. The van der Waals surface area contributed by atoms with Gasteiger partial charge in [0.15, 0.2) is 0 Å². The Hall–Kier alpha value is -0.970. The molecule has 1 saturated heterocycles. The van der Waals surface area contributed by atoms with Crippen molar-refractivity contribution >= 4 is 0 Å². The molecule has 2 N–H and O–H groups in total. The molecule has 4 nitrogen and oxygen atoms in total. The quantitative estimate of drug-likeness (QED) is 0.861. The predicted molar refractivity (Wildman–Crippen MR) is 72.2 cm³/mol. The first-order valence-electron chi connectivity index (χ1n) is 6.69. The highest BCUT2D eigenvalue weighted by atomic mass is 16.5. The van der Waals surface area contributed by atoms with Gasteiger partial charge < -0.3 is 10.5 Å². The van der Waals surface area contributed by atoms with Crippen LogP contribution in [0.2, 0.25) is 0 Å². The van der Waals surface area contributed by atoms with Gasteiger partial charge >= 0.3 is 0 Å². The number of aromatic nitrogens is 1. The minimum absolute atomic E-state index is 0.137. The van der Waals surface area contributed by atoms with E-state index in [9.17, 15) is 0 Å². The number of ether oxygens (including phenoxy) is 1. The maximum absolute atomic E-state index is 6.31. The largest absolute Gasteiger partial charge is 0.380 e. The molecule has 0 bridgehead atoms. The van der Waals surface area contributed by atoms with Gasteiger partial charge in [0.2, 0.25) is 0 Å². The molecule has 0 saturated carbocycles. The number of pyridine rings is 1. The SMILES string of the molecule is CCC(N)C(c1ccncc1)N(C)C1CCOC1. The Morgan fingerprint density at radius 3 is 2.78 bits per heavy atom. The summed E-state index contributed by atoms with van der Waals surface area (Å²) in [5.74, 6) is 0. The highest BCUT2D eigenvalue weighted by Gasteiger charge is 2.30. The summed E-state index contributed by atoms with van der Waals surface area (Å²) in [7, 11) is 2.15. The van der Waals surface area contributed by atoms with E-state index in [2.05, 4.69) is 36.0 Å². The van der Waals surface area contributed by atoms with Gasteiger partial charge in [-0.2, -0.15) is 0 Å². The third kappa shape index (κ3) is 2.88. The van der Waals surface area contributed by atoms with Crippen molar-refractivity contribution in [2.24, 2.45) is 5.73 Å². The average molecular weight is 249 g/mol. The predicted octanol–water partition coefficient (Wildman–Crippen LogP) is 1.58. The van der Waals surface area contributed by atoms with Crippen molar-refractivity contribution < 1.29 is 4.74 Å². The van der Waals surface area contributed by atoms with E-state index in [1.54, 1.807) is 0 Å². The Bertz CT molecular complexity index is 351. The summed E-state index contributed by atoms with van der Waals surface area (Å²) >= 11 is 0. The second-order valence-electron chi connectivity index (χ2n) is 4.98. The minimum atomic E-state index is 0.137. The third-order valence-electron chi connectivity index (χ3n) is 3.84. The fourth-order valence-electron chi connectivity index (χ4n) is 2.64. The molecule has 1 fully saturated rings. The van der Waals surface area contributed by atoms with Crippen LogP contribution in [0.3, 0.4) is 0 Å². The normalized spacial score (nSPS) is 23.2. The van der Waals surface area contributed by atoms with Crippen LogP contribution in [-0.2, 0) is 4.74 Å². The molecule has 18 heavy (non-hydrogen) atoms. The van der Waals surface area contributed by atoms with Gasteiger partial charge in [0.1, 0.15) is 0 Å². The Balaban J connectivity index is 2.19. The van der Waals surface area contributed by atoms with Gasteiger partial charge in [0.05, 0.1) is 12.6 Å². The van der Waals surface area contributed by atoms with Gasteiger partial charge in [0, 0.05) is 31.1 Å². The maximum Gasteiger partial charge on any atom is 0.0622 e. The van der Waals surface area contributed by atoms with E-state index in [-0.39, 0.29) is 12.1 Å². The Morgan fingerprint density at radius 1 is 1.50 bits per heavy atom. The van der Waals surface area contributed by atoms with Crippen LogP contribution in [-0.4, -0.2) is 42.2 Å². The number of hydrogen-bond donors (Lipinski definition) is 1. The summed E-state index contributed by atoms with van der Waals surface area (Å²) in [4.78, 5) is 6.46. The molecular formula is C14H23N3O. The van der Waals surface area contributed by atoms with E-state index >= 15 is 0 Å². The first-order chi connectivity index (χ1) is 8.74. The van der Waals surface area contributed by atoms with Crippen LogP contribution in [0.1, 0.15) is 31.4 Å². The molecule has 0 spiro atoms. The van der Waals surface area contributed by atoms with Crippen LogP contribution in [0.15, 0.2) is 24.5 Å². The van der Waals surface area contributed by atoms with E-state index < -0.39 is 0 Å². The lowest BCUT2D eigenvalue weighted by Crippen LogP contribution is -2.44. The van der Waals surface area contributed by atoms with Crippen molar-refractivity contribution in [3.63, 3.8) is 0 Å². The molecule has 0 aromatic carbocycles. The second kappa shape index (κ2) is 6.27. The van der Waals surface area contributed by atoms with E-state index in [0.29, 0.717) is 6.04 Å². The van der Waals surface area contributed by atoms with E-state index in [4.69, 9.17) is 10.5 Å². The first kappa shape index (κ1) is 13.5. The number of nitrogens with zero attached hydrogens (tertiary/aromatic N) is 2. The summed E-state index contributed by atoms with van der Waals surface area (Å²) in [5, 5.41) is 0. The monoisotopic (exact) mass is 249 g/mol. The van der Waals surface area contributed by atoms with Gasteiger partial charge in [-0.15, -0.1) is 0 Å². The van der Waals surface area contributed by atoms with E-state index in [0.717, 1.165) is 26.1 Å². The molecule has 100 valence electrons. The molecule has 0 aliphatic carbocycles.